The highest BCUT2D eigenvalue weighted by Crippen LogP contribution is 2.17. The fourth-order valence-corrected chi connectivity index (χ4v) is 3.52. The minimum absolute atomic E-state index is 0.155. The average Bonchev–Trinajstić information content (AvgIpc) is 3.04. The van der Waals surface area contributed by atoms with Crippen LogP contribution >= 0.6 is 23.1 Å². The summed E-state index contributed by atoms with van der Waals surface area (Å²) in [6.45, 7) is 0. The summed E-state index contributed by atoms with van der Waals surface area (Å²) in [4.78, 5) is 30.9. The summed E-state index contributed by atoms with van der Waals surface area (Å²) >= 11 is 2.70. The summed E-state index contributed by atoms with van der Waals surface area (Å²) in [6.07, 6.45) is 0. The number of nitrogens with one attached hydrogen (secondary N) is 2. The molecular weight excluding hydrogens is 344 g/mol. The zero-order valence-corrected chi connectivity index (χ0v) is 14.0. The van der Waals surface area contributed by atoms with Crippen molar-refractivity contribution < 1.29 is 4.79 Å². The summed E-state index contributed by atoms with van der Waals surface area (Å²) in [7, 11) is 0. The number of hydrogen-bond acceptors (Lipinski definition) is 6. The van der Waals surface area contributed by atoms with Crippen molar-refractivity contribution in [3.05, 3.63) is 57.5 Å². The highest BCUT2D eigenvalue weighted by atomic mass is 32.2. The topological polar surface area (TPSA) is 98.6 Å². The number of aromatic amines is 1. The van der Waals surface area contributed by atoms with Gasteiger partial charge in [-0.3, -0.25) is 9.59 Å². The van der Waals surface area contributed by atoms with Gasteiger partial charge in [-0.15, -0.1) is 23.1 Å². The number of amides is 1. The Morgan fingerprint density at radius 2 is 2.21 bits per heavy atom. The van der Waals surface area contributed by atoms with Crippen LogP contribution in [0.4, 0.5) is 5.69 Å². The largest absolute Gasteiger partial charge is 0.324 e. The van der Waals surface area contributed by atoms with Gasteiger partial charge in [0.1, 0.15) is 16.6 Å². The lowest BCUT2D eigenvalue weighted by atomic mass is 10.2. The second-order valence-corrected chi connectivity index (χ2v) is 6.75. The van der Waals surface area contributed by atoms with Crippen LogP contribution in [0.2, 0.25) is 0 Å². The minimum Gasteiger partial charge on any atom is -0.324 e. The fourth-order valence-electron chi connectivity index (χ4n) is 2.11. The SMILES string of the molecule is N#Cc1ccccc1NC(=O)CSCc1nc2ccsc2c(=O)[nH]1. The zero-order valence-electron chi connectivity index (χ0n) is 12.4. The standard InChI is InChI=1S/C16H12N4O2S2/c17-7-10-3-1-2-4-11(10)19-14(21)9-23-8-13-18-12-5-6-24-15(12)16(22)20-13/h1-6H,8-9H2,(H,19,21)(H,18,20,22). The van der Waals surface area contributed by atoms with Crippen molar-refractivity contribution in [3.63, 3.8) is 0 Å². The maximum Gasteiger partial charge on any atom is 0.268 e. The first-order valence-corrected chi connectivity index (χ1v) is 9.04. The molecule has 2 N–H and O–H groups in total. The molecule has 0 aliphatic carbocycles. The van der Waals surface area contributed by atoms with Gasteiger partial charge in [-0.05, 0) is 23.6 Å². The van der Waals surface area contributed by atoms with Crippen LogP contribution in [0.25, 0.3) is 10.2 Å². The molecule has 0 aliphatic rings. The second kappa shape index (κ2) is 7.29. The maximum atomic E-state index is 12.0. The Bertz CT molecular complexity index is 987. The molecule has 3 rings (SSSR count). The number of thiophene rings is 1. The summed E-state index contributed by atoms with van der Waals surface area (Å²) < 4.78 is 0.606. The minimum atomic E-state index is -0.207. The van der Waals surface area contributed by atoms with E-state index in [1.165, 1.54) is 23.1 Å². The number of aromatic nitrogens is 2. The molecule has 0 spiro atoms. The third-order valence-electron chi connectivity index (χ3n) is 3.16. The first kappa shape index (κ1) is 16.2. The van der Waals surface area contributed by atoms with E-state index in [2.05, 4.69) is 15.3 Å². The molecule has 0 unspecified atom stereocenters. The molecule has 120 valence electrons. The molecule has 0 aliphatic heterocycles. The van der Waals surface area contributed by atoms with Gasteiger partial charge in [-0.25, -0.2) is 4.98 Å². The van der Waals surface area contributed by atoms with Gasteiger partial charge in [0.15, 0.2) is 0 Å². The molecule has 1 amide bonds. The fraction of sp³-hybridized carbons (Fsp3) is 0.125. The Balaban J connectivity index is 1.58. The number of nitrogens with zero attached hydrogens (tertiary/aromatic N) is 2. The van der Waals surface area contributed by atoms with Gasteiger partial charge in [-0.2, -0.15) is 5.26 Å². The number of nitriles is 1. The number of carbonyl (C=O) groups excluding carboxylic acids is 1. The molecule has 8 heteroatoms. The van der Waals surface area contributed by atoms with E-state index in [-0.39, 0.29) is 17.2 Å². The number of rotatable bonds is 5. The molecule has 0 saturated carbocycles. The van der Waals surface area contributed by atoms with Gasteiger partial charge in [0.05, 0.1) is 28.3 Å². The predicted molar refractivity (Wildman–Crippen MR) is 96.2 cm³/mol. The number of fused-ring (bicyclic) bond motifs is 1. The van der Waals surface area contributed by atoms with Gasteiger partial charge < -0.3 is 10.3 Å². The van der Waals surface area contributed by atoms with E-state index in [0.717, 1.165) is 0 Å². The number of H-pyrrole nitrogens is 1. The van der Waals surface area contributed by atoms with Crippen molar-refractivity contribution in [1.82, 2.24) is 9.97 Å². The first-order chi connectivity index (χ1) is 11.7. The van der Waals surface area contributed by atoms with E-state index in [4.69, 9.17) is 5.26 Å². The molecule has 24 heavy (non-hydrogen) atoms. The van der Waals surface area contributed by atoms with Crippen molar-refractivity contribution in [1.29, 1.82) is 5.26 Å². The van der Waals surface area contributed by atoms with Crippen molar-refractivity contribution in [2.45, 2.75) is 5.75 Å². The quantitative estimate of drug-likeness (QED) is 0.732. The molecule has 2 aromatic heterocycles. The van der Waals surface area contributed by atoms with Crippen LogP contribution in [0.15, 0.2) is 40.5 Å². The van der Waals surface area contributed by atoms with Crippen LogP contribution in [-0.2, 0) is 10.5 Å². The van der Waals surface area contributed by atoms with Crippen molar-refractivity contribution in [2.24, 2.45) is 0 Å². The van der Waals surface area contributed by atoms with Crippen LogP contribution < -0.4 is 10.9 Å². The lowest BCUT2D eigenvalue weighted by Gasteiger charge is -2.06. The summed E-state index contributed by atoms with van der Waals surface area (Å²) in [5.74, 6) is 0.960. The van der Waals surface area contributed by atoms with Gasteiger partial charge in [0.25, 0.3) is 5.56 Å². The van der Waals surface area contributed by atoms with Gasteiger partial charge in [-0.1, -0.05) is 12.1 Å². The number of para-hydroxylation sites is 1. The normalized spacial score (nSPS) is 10.5. The van der Waals surface area contributed by atoms with E-state index in [1.54, 1.807) is 30.3 Å². The number of hydrogen-bond donors (Lipinski definition) is 2. The van der Waals surface area contributed by atoms with Crippen LogP contribution in [0.5, 0.6) is 0 Å². The summed E-state index contributed by atoms with van der Waals surface area (Å²) in [6, 6.07) is 10.7. The predicted octanol–water partition coefficient (Wildman–Crippen LogP) is 2.73. The molecular formula is C16H12N4O2S2. The summed E-state index contributed by atoms with van der Waals surface area (Å²) in [5, 5.41) is 13.5. The molecule has 3 aromatic rings. The molecule has 2 heterocycles. The van der Waals surface area contributed by atoms with Crippen LogP contribution in [0.1, 0.15) is 11.4 Å². The van der Waals surface area contributed by atoms with Crippen molar-refractivity contribution in [2.75, 3.05) is 11.1 Å². The van der Waals surface area contributed by atoms with Gasteiger partial charge >= 0.3 is 0 Å². The molecule has 0 fully saturated rings. The number of thioether (sulfide) groups is 1. The van der Waals surface area contributed by atoms with Crippen LogP contribution in [0, 0.1) is 11.3 Å². The second-order valence-electron chi connectivity index (χ2n) is 4.85. The Morgan fingerprint density at radius 3 is 3.04 bits per heavy atom. The van der Waals surface area contributed by atoms with E-state index in [0.29, 0.717) is 33.0 Å². The van der Waals surface area contributed by atoms with Gasteiger partial charge in [0, 0.05) is 0 Å². The molecule has 0 atom stereocenters. The smallest absolute Gasteiger partial charge is 0.268 e. The highest BCUT2D eigenvalue weighted by molar-refractivity contribution is 7.99. The highest BCUT2D eigenvalue weighted by Gasteiger charge is 2.08. The Labute approximate surface area is 145 Å². The maximum absolute atomic E-state index is 12.0. The van der Waals surface area contributed by atoms with Crippen molar-refractivity contribution in [3.8, 4) is 6.07 Å². The van der Waals surface area contributed by atoms with E-state index >= 15 is 0 Å². The Hall–Kier alpha value is -2.63. The lowest BCUT2D eigenvalue weighted by Crippen LogP contribution is -2.15. The average molecular weight is 356 g/mol. The van der Waals surface area contributed by atoms with E-state index in [1.807, 2.05) is 11.4 Å². The van der Waals surface area contributed by atoms with Gasteiger partial charge in [0.2, 0.25) is 5.91 Å². The Morgan fingerprint density at radius 1 is 1.38 bits per heavy atom. The zero-order chi connectivity index (χ0) is 16.9. The molecule has 0 saturated heterocycles. The molecule has 0 bridgehead atoms. The lowest BCUT2D eigenvalue weighted by molar-refractivity contribution is -0.113. The molecule has 6 nitrogen and oxygen atoms in total. The first-order valence-electron chi connectivity index (χ1n) is 7.00. The van der Waals surface area contributed by atoms with E-state index < -0.39 is 0 Å². The van der Waals surface area contributed by atoms with Crippen LogP contribution in [0.3, 0.4) is 0 Å². The third kappa shape index (κ3) is 3.64. The number of anilines is 1. The number of benzene rings is 1. The summed E-state index contributed by atoms with van der Waals surface area (Å²) in [5.41, 5.74) is 1.44. The molecule has 0 radical (unpaired) electrons. The monoisotopic (exact) mass is 356 g/mol. The van der Waals surface area contributed by atoms with E-state index in [9.17, 15) is 9.59 Å². The third-order valence-corrected chi connectivity index (χ3v) is 5.00. The number of carbonyl (C=O) groups is 1. The molecule has 1 aromatic carbocycles. The van der Waals surface area contributed by atoms with Crippen LogP contribution in [-0.4, -0.2) is 21.6 Å². The van der Waals surface area contributed by atoms with Crippen molar-refractivity contribution >= 4 is 44.9 Å². The Kier molecular flexibility index (Phi) is 4.93.